The van der Waals surface area contributed by atoms with Crippen molar-refractivity contribution in [2.24, 2.45) is 0 Å². The zero-order valence-corrected chi connectivity index (χ0v) is 11.9. The van der Waals surface area contributed by atoms with Crippen LogP contribution in [0.2, 0.25) is 0 Å². The van der Waals surface area contributed by atoms with Gasteiger partial charge in [0.05, 0.1) is 4.43 Å². The van der Waals surface area contributed by atoms with E-state index in [4.69, 9.17) is 0 Å². The highest BCUT2D eigenvalue weighted by molar-refractivity contribution is 9.10. The van der Waals surface area contributed by atoms with Gasteiger partial charge in [0.15, 0.2) is 5.69 Å². The van der Waals surface area contributed by atoms with Gasteiger partial charge in [-0.15, -0.1) is 0 Å². The summed E-state index contributed by atoms with van der Waals surface area (Å²) >= 11 is 3.37. The van der Waals surface area contributed by atoms with Crippen LogP contribution in [0.25, 0.3) is 11.3 Å². The molecule has 0 saturated carbocycles. The Hall–Kier alpha value is -1.62. The fourth-order valence-corrected chi connectivity index (χ4v) is 2.81. The van der Waals surface area contributed by atoms with E-state index in [1.807, 2.05) is 24.3 Å². The highest BCUT2D eigenvalue weighted by Gasteiger charge is 2.26. The average Bonchev–Trinajstić information content (AvgIpc) is 2.44. The Morgan fingerprint density at radius 1 is 1.16 bits per heavy atom. The molecule has 0 unspecified atom stereocenters. The van der Waals surface area contributed by atoms with E-state index in [0.29, 0.717) is 11.4 Å². The van der Waals surface area contributed by atoms with Gasteiger partial charge in [-0.25, -0.2) is 0 Å². The van der Waals surface area contributed by atoms with E-state index in [1.165, 1.54) is 10.9 Å². The number of nitrogens with zero attached hydrogens (tertiary/aromatic N) is 2. The molecule has 1 heterocycles. The molecule has 1 aliphatic rings. The second-order valence-electron chi connectivity index (χ2n) is 4.76. The standard InChI is InChI=1S/C14H14BrN2O2/c15-11-7-5-10(6-8-11)14-9-16(18)12-3-1-2-4-13(12)17(14)19/h5-9,19H,1-4H2/q+1. The monoisotopic (exact) mass is 321 g/mol. The maximum absolute atomic E-state index is 12.1. The number of benzene rings is 1. The summed E-state index contributed by atoms with van der Waals surface area (Å²) in [5.74, 6) is 0. The Morgan fingerprint density at radius 3 is 2.58 bits per heavy atom. The molecule has 1 aromatic carbocycles. The summed E-state index contributed by atoms with van der Waals surface area (Å²) in [5.41, 5.74) is 2.78. The van der Waals surface area contributed by atoms with Crippen LogP contribution in [0.5, 0.6) is 0 Å². The third kappa shape index (κ3) is 2.18. The molecule has 0 spiro atoms. The second kappa shape index (κ2) is 4.81. The van der Waals surface area contributed by atoms with Crippen LogP contribution in [0, 0.1) is 4.91 Å². The lowest BCUT2D eigenvalue weighted by molar-refractivity contribution is -0.507. The van der Waals surface area contributed by atoms with E-state index in [0.717, 1.165) is 45.8 Å². The molecule has 98 valence electrons. The molecule has 1 aromatic heterocycles. The van der Waals surface area contributed by atoms with Gasteiger partial charge in [-0.05, 0) is 31.4 Å². The first-order chi connectivity index (χ1) is 9.16. The van der Waals surface area contributed by atoms with Crippen LogP contribution in [0.4, 0.5) is 0 Å². The van der Waals surface area contributed by atoms with Crippen molar-refractivity contribution in [3.63, 3.8) is 0 Å². The largest absolute Gasteiger partial charge is 0.428 e. The average molecular weight is 322 g/mol. The molecule has 0 aliphatic heterocycles. The summed E-state index contributed by atoms with van der Waals surface area (Å²) < 4.78 is 3.04. The molecule has 0 bridgehead atoms. The SMILES string of the molecule is O=[n+]1cc(-c2ccc(Br)cc2)n(O)c2c1CCCC2. The number of rotatable bonds is 1. The summed E-state index contributed by atoms with van der Waals surface area (Å²) in [7, 11) is 0. The lowest BCUT2D eigenvalue weighted by atomic mass is 10.00. The van der Waals surface area contributed by atoms with Crippen LogP contribution in [-0.2, 0) is 12.8 Å². The Labute approximate surface area is 119 Å². The molecule has 4 nitrogen and oxygen atoms in total. The third-order valence-electron chi connectivity index (χ3n) is 3.54. The predicted molar refractivity (Wildman–Crippen MR) is 74.8 cm³/mol. The van der Waals surface area contributed by atoms with Crippen molar-refractivity contribution < 1.29 is 9.63 Å². The molecule has 0 atom stereocenters. The number of aromatic nitrogens is 2. The number of hydrogen-bond acceptors (Lipinski definition) is 2. The second-order valence-corrected chi connectivity index (χ2v) is 5.68. The Morgan fingerprint density at radius 2 is 1.84 bits per heavy atom. The molecule has 19 heavy (non-hydrogen) atoms. The Kier molecular flexibility index (Phi) is 3.14. The van der Waals surface area contributed by atoms with Crippen LogP contribution in [0.15, 0.2) is 34.9 Å². The van der Waals surface area contributed by atoms with Gasteiger partial charge in [-0.3, -0.25) is 0 Å². The normalized spacial score (nSPS) is 14.2. The maximum Gasteiger partial charge on any atom is 0.262 e. The van der Waals surface area contributed by atoms with Crippen molar-refractivity contribution in [2.75, 3.05) is 0 Å². The fraction of sp³-hybridized carbons (Fsp3) is 0.286. The van der Waals surface area contributed by atoms with Crippen molar-refractivity contribution >= 4 is 15.9 Å². The van der Waals surface area contributed by atoms with Gasteiger partial charge >= 0.3 is 0 Å². The summed E-state index contributed by atoms with van der Waals surface area (Å²) in [6.07, 6.45) is 4.95. The molecule has 0 saturated heterocycles. The predicted octanol–water partition coefficient (Wildman–Crippen LogP) is 2.95. The zero-order valence-electron chi connectivity index (χ0n) is 10.3. The minimum atomic E-state index is 0.531. The minimum absolute atomic E-state index is 0.531. The van der Waals surface area contributed by atoms with Crippen LogP contribution < -0.4 is 4.43 Å². The van der Waals surface area contributed by atoms with Gasteiger partial charge in [-0.1, -0.05) is 28.1 Å². The number of hydrogen-bond donors (Lipinski definition) is 1. The van der Waals surface area contributed by atoms with Crippen molar-refractivity contribution in [2.45, 2.75) is 25.7 Å². The van der Waals surface area contributed by atoms with Gasteiger partial charge < -0.3 is 5.21 Å². The molecule has 3 rings (SSSR count). The van der Waals surface area contributed by atoms with E-state index in [1.54, 1.807) is 0 Å². The van der Waals surface area contributed by atoms with Crippen LogP contribution in [-0.4, -0.2) is 9.94 Å². The highest BCUT2D eigenvalue weighted by atomic mass is 79.9. The van der Waals surface area contributed by atoms with E-state index >= 15 is 0 Å². The molecule has 0 amide bonds. The summed E-state index contributed by atoms with van der Waals surface area (Å²) in [4.78, 5) is 12.1. The van der Waals surface area contributed by atoms with Gasteiger partial charge in [-0.2, -0.15) is 4.73 Å². The molecule has 0 radical (unpaired) electrons. The first kappa shape index (κ1) is 12.4. The zero-order chi connectivity index (χ0) is 13.4. The molecule has 1 N–H and O–H groups in total. The highest BCUT2D eigenvalue weighted by Crippen LogP contribution is 2.24. The summed E-state index contributed by atoms with van der Waals surface area (Å²) in [6.45, 7) is 0. The van der Waals surface area contributed by atoms with Crippen molar-refractivity contribution in [1.82, 2.24) is 4.73 Å². The summed E-state index contributed by atoms with van der Waals surface area (Å²) in [6, 6.07) is 7.54. The molecule has 5 heteroatoms. The van der Waals surface area contributed by atoms with Gasteiger partial charge in [0, 0.05) is 21.4 Å². The lowest BCUT2D eigenvalue weighted by Gasteiger charge is -2.14. The molecule has 1 aliphatic carbocycles. The maximum atomic E-state index is 12.1. The molecular formula is C14H14BrN2O2+. The van der Waals surface area contributed by atoms with Crippen LogP contribution in [0.1, 0.15) is 24.2 Å². The van der Waals surface area contributed by atoms with Gasteiger partial charge in [0.1, 0.15) is 5.69 Å². The Balaban J connectivity index is 2.20. The number of halogens is 1. The smallest absolute Gasteiger partial charge is 0.262 e. The van der Waals surface area contributed by atoms with Crippen molar-refractivity contribution in [3.05, 3.63) is 51.2 Å². The minimum Gasteiger partial charge on any atom is -0.428 e. The van der Waals surface area contributed by atoms with Gasteiger partial charge in [0.2, 0.25) is 0 Å². The molecule has 0 fully saturated rings. The number of fused-ring (bicyclic) bond motifs is 1. The van der Waals surface area contributed by atoms with E-state index < -0.39 is 0 Å². The van der Waals surface area contributed by atoms with Gasteiger partial charge in [0.25, 0.3) is 11.9 Å². The van der Waals surface area contributed by atoms with Crippen molar-refractivity contribution in [1.29, 1.82) is 0 Å². The van der Waals surface area contributed by atoms with E-state index in [9.17, 15) is 10.1 Å². The first-order valence-corrected chi connectivity index (χ1v) is 7.11. The molecular weight excluding hydrogens is 308 g/mol. The Bertz CT molecular complexity index is 677. The quantitative estimate of drug-likeness (QED) is 0.648. The third-order valence-corrected chi connectivity index (χ3v) is 4.07. The van der Waals surface area contributed by atoms with Crippen molar-refractivity contribution in [3.8, 4) is 11.3 Å². The van der Waals surface area contributed by atoms with E-state index in [-0.39, 0.29) is 0 Å². The first-order valence-electron chi connectivity index (χ1n) is 6.32. The summed E-state index contributed by atoms with van der Waals surface area (Å²) in [5, 5.41) is 10.3. The van der Waals surface area contributed by atoms with Crippen LogP contribution in [0.3, 0.4) is 0 Å². The van der Waals surface area contributed by atoms with Crippen LogP contribution >= 0.6 is 15.9 Å². The lowest BCUT2D eigenvalue weighted by Crippen LogP contribution is -2.30. The fourth-order valence-electron chi connectivity index (χ4n) is 2.55. The van der Waals surface area contributed by atoms with E-state index in [2.05, 4.69) is 15.9 Å². The topological polar surface area (TPSA) is 48.1 Å². The molecule has 2 aromatic rings.